The van der Waals surface area contributed by atoms with Crippen molar-refractivity contribution in [3.8, 4) is 0 Å². The molecule has 3 unspecified atom stereocenters. The van der Waals surface area contributed by atoms with Gasteiger partial charge in [-0.05, 0) is 74.7 Å². The first-order valence-corrected chi connectivity index (χ1v) is 11.3. The molecule has 0 radical (unpaired) electrons. The zero-order chi connectivity index (χ0) is 21.0. The predicted octanol–water partition coefficient (Wildman–Crippen LogP) is 6.06. The van der Waals surface area contributed by atoms with Gasteiger partial charge in [0.15, 0.2) is 11.8 Å². The van der Waals surface area contributed by atoms with Gasteiger partial charge >= 0.3 is 0 Å². The summed E-state index contributed by atoms with van der Waals surface area (Å²) in [5, 5.41) is 11.8. The Balaban J connectivity index is 1.53. The highest BCUT2D eigenvalue weighted by Gasteiger charge is 2.66. The maximum Gasteiger partial charge on any atom is 0.168 e. The van der Waals surface area contributed by atoms with Gasteiger partial charge in [-0.2, -0.15) is 15.3 Å². The van der Waals surface area contributed by atoms with Crippen LogP contribution in [0.15, 0.2) is 45.7 Å². The average molecular weight is 407 g/mol. The Kier molecular flexibility index (Phi) is 4.49. The maximum absolute atomic E-state index is 13.6. The van der Waals surface area contributed by atoms with Crippen LogP contribution in [0.25, 0.3) is 0 Å². The van der Waals surface area contributed by atoms with E-state index in [1.165, 1.54) is 32.1 Å². The molecule has 4 fully saturated rings. The Labute approximate surface area is 176 Å². The van der Waals surface area contributed by atoms with Gasteiger partial charge in [-0.1, -0.05) is 30.3 Å². The fraction of sp³-hybridized carbons (Fsp3) is 0.696. The van der Waals surface area contributed by atoms with Crippen LogP contribution >= 0.6 is 0 Å². The Hall–Kier alpha value is -2.31. The van der Waals surface area contributed by atoms with Crippen molar-refractivity contribution in [3.63, 3.8) is 0 Å². The summed E-state index contributed by atoms with van der Waals surface area (Å²) in [6.07, 6.45) is 8.82. The Morgan fingerprint density at radius 1 is 0.867 bits per heavy atom. The van der Waals surface area contributed by atoms with Gasteiger partial charge in [0.25, 0.3) is 0 Å². The number of nitrogens with one attached hydrogen (secondary N) is 3. The second-order valence-corrected chi connectivity index (χ2v) is 10.2. The predicted molar refractivity (Wildman–Crippen MR) is 110 cm³/mol. The number of Topliss-reactive ketones (excluding diaryl/α,β-unsaturated/α-hetero) is 1. The molecular weight excluding hydrogens is 376 g/mol. The number of carbonyl (C=O) groups excluding carboxylic acids is 1. The molecule has 4 saturated carbocycles. The summed E-state index contributed by atoms with van der Waals surface area (Å²) in [4.78, 5) is 13.6. The van der Waals surface area contributed by atoms with Crippen molar-refractivity contribution < 1.29 is 4.79 Å². The fourth-order valence-electron chi connectivity index (χ4n) is 7.84. The van der Waals surface area contributed by atoms with E-state index in [1.807, 2.05) is 30.3 Å². The summed E-state index contributed by atoms with van der Waals surface area (Å²) in [6.45, 7) is 0. The Morgan fingerprint density at radius 2 is 1.53 bits per heavy atom. The third-order valence-corrected chi connectivity index (χ3v) is 9.38. The first-order valence-electron chi connectivity index (χ1n) is 11.3. The number of benzene rings is 1. The summed E-state index contributed by atoms with van der Waals surface area (Å²) in [5.41, 5.74) is 23.8. The number of ketones is 1. The molecule has 7 heteroatoms. The molecular formula is C23H30N6O. The molecule has 4 aliphatic rings. The molecule has 158 valence electrons. The summed E-state index contributed by atoms with van der Waals surface area (Å²) < 4.78 is 0. The van der Waals surface area contributed by atoms with Gasteiger partial charge in [0.2, 0.25) is 0 Å². The van der Waals surface area contributed by atoms with E-state index in [0.717, 1.165) is 24.3 Å². The summed E-state index contributed by atoms with van der Waals surface area (Å²) in [5.74, 6) is 0.533. The Bertz CT molecular complexity index is 867. The number of carbonyl (C=O) groups is 1. The zero-order valence-electron chi connectivity index (χ0n) is 17.3. The fourth-order valence-corrected chi connectivity index (χ4v) is 7.84. The molecule has 1 aromatic rings. The van der Waals surface area contributed by atoms with Gasteiger partial charge in [-0.15, -0.1) is 0 Å². The van der Waals surface area contributed by atoms with Crippen molar-refractivity contribution in [3.05, 3.63) is 35.9 Å². The molecule has 2 bridgehead atoms. The maximum atomic E-state index is 13.6. The van der Waals surface area contributed by atoms with E-state index in [9.17, 15) is 4.79 Å². The van der Waals surface area contributed by atoms with Gasteiger partial charge in [0.05, 0.1) is 5.54 Å². The summed E-state index contributed by atoms with van der Waals surface area (Å²) >= 11 is 0. The second kappa shape index (κ2) is 6.86. The van der Waals surface area contributed by atoms with E-state index < -0.39 is 17.5 Å². The minimum atomic E-state index is -0.867. The number of rotatable bonds is 5. The molecule has 3 atom stereocenters. The third kappa shape index (κ3) is 2.41. The van der Waals surface area contributed by atoms with Crippen LogP contribution in [-0.4, -0.2) is 23.4 Å². The van der Waals surface area contributed by atoms with Gasteiger partial charge in [-0.25, -0.2) is 16.6 Å². The minimum Gasteiger partial charge on any atom is -0.296 e. The first kappa shape index (κ1) is 19.6. The normalized spacial score (nSPS) is 45.0. The van der Waals surface area contributed by atoms with Crippen LogP contribution in [0, 0.1) is 33.3 Å². The van der Waals surface area contributed by atoms with E-state index in [1.54, 1.807) is 0 Å². The second-order valence-electron chi connectivity index (χ2n) is 10.2. The van der Waals surface area contributed by atoms with Crippen LogP contribution in [0.1, 0.15) is 69.3 Å². The molecule has 30 heavy (non-hydrogen) atoms. The van der Waals surface area contributed by atoms with Gasteiger partial charge < -0.3 is 0 Å². The van der Waals surface area contributed by atoms with Crippen molar-refractivity contribution in [2.75, 3.05) is 0 Å². The van der Waals surface area contributed by atoms with Crippen molar-refractivity contribution in [2.24, 2.45) is 32.1 Å². The lowest BCUT2D eigenvalue weighted by atomic mass is 9.54. The molecule has 1 aromatic carbocycles. The van der Waals surface area contributed by atoms with Crippen molar-refractivity contribution in [1.82, 2.24) is 0 Å². The number of hydrogen-bond acceptors (Lipinski definition) is 7. The van der Waals surface area contributed by atoms with Crippen LogP contribution in [0.3, 0.4) is 0 Å². The molecule has 0 heterocycles. The van der Waals surface area contributed by atoms with Crippen LogP contribution in [0.4, 0.5) is 0 Å². The standard InChI is InChI=1S/C23H30N6O/c24-27-18-17(16-4-2-1-3-5-16)22(20(30)19(18)28-25)10-12-23(29-26,13-11-22)21-8-6-15(14-21)7-9-21/h1-5,15,17-19,24-26H,6-14H2. The Morgan fingerprint density at radius 3 is 2.03 bits per heavy atom. The highest BCUT2D eigenvalue weighted by atomic mass is 16.1. The van der Waals surface area contributed by atoms with Crippen LogP contribution in [0.2, 0.25) is 0 Å². The molecule has 7 nitrogen and oxygen atoms in total. The number of hydrogen-bond donors (Lipinski definition) is 3. The van der Waals surface area contributed by atoms with E-state index in [0.29, 0.717) is 12.8 Å². The van der Waals surface area contributed by atoms with Crippen LogP contribution in [0.5, 0.6) is 0 Å². The largest absolute Gasteiger partial charge is 0.296 e. The highest BCUT2D eigenvalue weighted by molar-refractivity contribution is 5.95. The van der Waals surface area contributed by atoms with Gasteiger partial charge in [-0.3, -0.25) is 4.79 Å². The molecule has 0 saturated heterocycles. The molecule has 0 aromatic heterocycles. The minimum absolute atomic E-state index is 0.0286. The van der Waals surface area contributed by atoms with Gasteiger partial charge in [0.1, 0.15) is 6.04 Å². The summed E-state index contributed by atoms with van der Waals surface area (Å²) in [7, 11) is 0. The molecule has 5 rings (SSSR count). The highest BCUT2D eigenvalue weighted by Crippen LogP contribution is 2.67. The molecule has 1 spiro atoms. The lowest BCUT2D eigenvalue weighted by molar-refractivity contribution is -0.130. The van der Waals surface area contributed by atoms with Crippen LogP contribution in [-0.2, 0) is 4.79 Å². The molecule has 0 amide bonds. The molecule has 4 aliphatic carbocycles. The lowest BCUT2D eigenvalue weighted by Crippen LogP contribution is -2.51. The smallest absolute Gasteiger partial charge is 0.168 e. The third-order valence-electron chi connectivity index (χ3n) is 9.38. The number of nitrogens with zero attached hydrogens (tertiary/aromatic N) is 3. The van der Waals surface area contributed by atoms with E-state index in [2.05, 4.69) is 15.3 Å². The van der Waals surface area contributed by atoms with Crippen molar-refractivity contribution >= 4 is 5.78 Å². The summed E-state index contributed by atoms with van der Waals surface area (Å²) in [6, 6.07) is 8.42. The molecule has 3 N–H and O–H groups in total. The zero-order valence-corrected chi connectivity index (χ0v) is 17.3. The number of fused-ring (bicyclic) bond motifs is 2. The van der Waals surface area contributed by atoms with E-state index in [-0.39, 0.29) is 22.7 Å². The van der Waals surface area contributed by atoms with E-state index >= 15 is 0 Å². The first-order chi connectivity index (χ1) is 14.5. The topological polar surface area (TPSA) is 126 Å². The average Bonchev–Trinajstić information content (AvgIpc) is 3.48. The van der Waals surface area contributed by atoms with Crippen LogP contribution < -0.4 is 0 Å². The SMILES string of the molecule is N=NC1C(=O)C2(CCC(N=N)(C34CCC(CC3)C4)CC2)C(c2ccccc2)C1N=N. The molecule has 0 aliphatic heterocycles. The van der Waals surface area contributed by atoms with Gasteiger partial charge in [0, 0.05) is 11.3 Å². The monoisotopic (exact) mass is 406 g/mol. The van der Waals surface area contributed by atoms with Crippen molar-refractivity contribution in [2.45, 2.75) is 81.3 Å². The quantitative estimate of drug-likeness (QED) is 0.505. The van der Waals surface area contributed by atoms with E-state index in [4.69, 9.17) is 16.6 Å². The lowest BCUT2D eigenvalue weighted by Gasteiger charge is -2.51. The van der Waals surface area contributed by atoms with Crippen molar-refractivity contribution in [1.29, 1.82) is 16.6 Å².